The molecule has 1 N–H and O–H groups in total. The summed E-state index contributed by atoms with van der Waals surface area (Å²) in [6.07, 6.45) is 5.20. The smallest absolute Gasteiger partial charge is 0.246 e. The van der Waals surface area contributed by atoms with Gasteiger partial charge in [-0.2, -0.15) is 16.7 Å². The minimum absolute atomic E-state index is 0.0193. The number of ether oxygens (including phenoxy) is 1. The van der Waals surface area contributed by atoms with E-state index in [0.717, 1.165) is 19.3 Å². The van der Waals surface area contributed by atoms with E-state index in [1.165, 1.54) is 24.3 Å². The Labute approximate surface area is 159 Å². The van der Waals surface area contributed by atoms with Gasteiger partial charge in [-0.25, -0.2) is 0 Å². The summed E-state index contributed by atoms with van der Waals surface area (Å²) in [6, 6.07) is 0.793. The highest BCUT2D eigenvalue weighted by Crippen LogP contribution is 2.29. The first kappa shape index (κ1) is 19.6. The molecular weight excluding hydrogens is 352 g/mol. The van der Waals surface area contributed by atoms with Crippen LogP contribution in [-0.4, -0.2) is 64.8 Å². The van der Waals surface area contributed by atoms with Crippen LogP contribution in [0, 0.1) is 12.8 Å². The molecule has 2 heterocycles. The van der Waals surface area contributed by atoms with Crippen LogP contribution in [0.5, 0.6) is 0 Å². The Hall–Kier alpha value is -1.12. The number of aromatic nitrogens is 2. The Bertz CT molecular complexity index is 591. The van der Waals surface area contributed by atoms with Crippen LogP contribution in [0.15, 0.2) is 4.52 Å². The van der Waals surface area contributed by atoms with Gasteiger partial charge in [-0.15, -0.1) is 0 Å². The standard InChI is InChI=1S/C18H30N4O3S/c1-12-19-17(25-21-12)11-22(2)18(23)13-4-5-16(24-3)15(10-13)20-14-6-8-26-9-7-14/h13-16,20H,4-11H2,1-3H3/t13-,15+,16+/m0/s1. The molecule has 8 heteroatoms. The maximum absolute atomic E-state index is 12.9. The van der Waals surface area contributed by atoms with Crippen molar-refractivity contribution in [1.29, 1.82) is 0 Å². The molecule has 1 amide bonds. The molecule has 0 bridgehead atoms. The number of aryl methyl sites for hydroxylation is 1. The third kappa shape index (κ3) is 4.98. The minimum atomic E-state index is 0.0193. The van der Waals surface area contributed by atoms with Gasteiger partial charge in [0.05, 0.1) is 12.6 Å². The number of amides is 1. The SMILES string of the molecule is CO[C@@H]1CC[C@H](C(=O)N(C)Cc2nc(C)no2)C[C@H]1NC1CCSCC1. The summed E-state index contributed by atoms with van der Waals surface area (Å²) in [7, 11) is 3.59. The normalized spacial score (nSPS) is 27.4. The predicted molar refractivity (Wildman–Crippen MR) is 101 cm³/mol. The molecule has 3 atom stereocenters. The van der Waals surface area contributed by atoms with Crippen molar-refractivity contribution >= 4 is 17.7 Å². The van der Waals surface area contributed by atoms with Crippen molar-refractivity contribution in [2.45, 2.75) is 63.8 Å². The molecule has 0 unspecified atom stereocenters. The highest BCUT2D eigenvalue weighted by Gasteiger charge is 2.36. The van der Waals surface area contributed by atoms with Crippen LogP contribution < -0.4 is 5.32 Å². The van der Waals surface area contributed by atoms with Gasteiger partial charge in [-0.3, -0.25) is 4.79 Å². The van der Waals surface area contributed by atoms with Crippen LogP contribution in [0.4, 0.5) is 0 Å². The lowest BCUT2D eigenvalue weighted by Crippen LogP contribution is -2.52. The molecule has 1 saturated heterocycles. The summed E-state index contributed by atoms with van der Waals surface area (Å²) in [5.41, 5.74) is 0. The zero-order valence-corrected chi connectivity index (χ0v) is 16.8. The molecule has 26 heavy (non-hydrogen) atoms. The van der Waals surface area contributed by atoms with E-state index >= 15 is 0 Å². The minimum Gasteiger partial charge on any atom is -0.380 e. The third-order valence-electron chi connectivity index (χ3n) is 5.43. The molecule has 146 valence electrons. The first-order chi connectivity index (χ1) is 12.6. The largest absolute Gasteiger partial charge is 0.380 e. The van der Waals surface area contributed by atoms with Gasteiger partial charge < -0.3 is 19.5 Å². The Morgan fingerprint density at radius 3 is 2.77 bits per heavy atom. The fourth-order valence-corrected chi connectivity index (χ4v) is 5.09. The number of thioether (sulfide) groups is 1. The van der Waals surface area contributed by atoms with E-state index in [9.17, 15) is 4.79 Å². The molecule has 2 fully saturated rings. The van der Waals surface area contributed by atoms with E-state index in [-0.39, 0.29) is 24.0 Å². The van der Waals surface area contributed by atoms with Crippen molar-refractivity contribution < 1.29 is 14.1 Å². The third-order valence-corrected chi connectivity index (χ3v) is 6.48. The van der Waals surface area contributed by atoms with Gasteiger partial charge >= 0.3 is 0 Å². The first-order valence-corrected chi connectivity index (χ1v) is 10.6. The summed E-state index contributed by atoms with van der Waals surface area (Å²) in [4.78, 5) is 18.8. The van der Waals surface area contributed by atoms with Gasteiger partial charge in [0.1, 0.15) is 0 Å². The van der Waals surface area contributed by atoms with Crippen LogP contribution in [0.3, 0.4) is 0 Å². The molecule has 0 aromatic carbocycles. The van der Waals surface area contributed by atoms with Crippen molar-refractivity contribution in [2.24, 2.45) is 5.92 Å². The van der Waals surface area contributed by atoms with E-state index in [2.05, 4.69) is 15.5 Å². The zero-order valence-electron chi connectivity index (χ0n) is 15.9. The van der Waals surface area contributed by atoms with Crippen LogP contribution in [0.2, 0.25) is 0 Å². The summed E-state index contributed by atoms with van der Waals surface area (Å²) >= 11 is 2.03. The number of nitrogens with zero attached hydrogens (tertiary/aromatic N) is 3. The number of carbonyl (C=O) groups is 1. The summed E-state index contributed by atoms with van der Waals surface area (Å²) in [6.45, 7) is 2.14. The topological polar surface area (TPSA) is 80.5 Å². The number of nitrogens with one attached hydrogen (secondary N) is 1. The lowest BCUT2D eigenvalue weighted by Gasteiger charge is -2.39. The van der Waals surface area contributed by atoms with E-state index < -0.39 is 0 Å². The van der Waals surface area contributed by atoms with Crippen molar-refractivity contribution in [2.75, 3.05) is 25.7 Å². The Kier molecular flexibility index (Phi) is 6.94. The van der Waals surface area contributed by atoms with Crippen LogP contribution in [0.1, 0.15) is 43.8 Å². The maximum atomic E-state index is 12.9. The Balaban J connectivity index is 1.57. The van der Waals surface area contributed by atoms with Crippen LogP contribution in [-0.2, 0) is 16.1 Å². The fourth-order valence-electron chi connectivity index (χ4n) is 3.99. The van der Waals surface area contributed by atoms with E-state index in [1.54, 1.807) is 18.9 Å². The molecule has 1 saturated carbocycles. The van der Waals surface area contributed by atoms with Gasteiger partial charge in [-0.05, 0) is 50.5 Å². The molecule has 7 nitrogen and oxygen atoms in total. The second-order valence-corrected chi connectivity index (χ2v) is 8.60. The maximum Gasteiger partial charge on any atom is 0.246 e. The van der Waals surface area contributed by atoms with Gasteiger partial charge in [0.15, 0.2) is 5.82 Å². The first-order valence-electron chi connectivity index (χ1n) is 9.47. The number of hydrogen-bond donors (Lipinski definition) is 1. The summed E-state index contributed by atoms with van der Waals surface area (Å²) in [5.74, 6) is 3.69. The van der Waals surface area contributed by atoms with Crippen LogP contribution in [0.25, 0.3) is 0 Å². The van der Waals surface area contributed by atoms with Gasteiger partial charge in [0.25, 0.3) is 0 Å². The quantitative estimate of drug-likeness (QED) is 0.806. The summed E-state index contributed by atoms with van der Waals surface area (Å²) in [5, 5.41) is 7.57. The van der Waals surface area contributed by atoms with Gasteiger partial charge in [0, 0.05) is 32.2 Å². The Morgan fingerprint density at radius 1 is 1.35 bits per heavy atom. The van der Waals surface area contributed by atoms with Crippen molar-refractivity contribution in [3.05, 3.63) is 11.7 Å². The molecule has 1 aliphatic carbocycles. The number of rotatable bonds is 6. The van der Waals surface area contributed by atoms with Gasteiger partial charge in [0.2, 0.25) is 11.8 Å². The highest BCUT2D eigenvalue weighted by atomic mass is 32.2. The highest BCUT2D eigenvalue weighted by molar-refractivity contribution is 7.99. The molecule has 2 aliphatic rings. The molecule has 1 aromatic rings. The number of carbonyl (C=O) groups excluding carboxylic acids is 1. The lowest BCUT2D eigenvalue weighted by atomic mass is 9.82. The average Bonchev–Trinajstić information content (AvgIpc) is 3.06. The predicted octanol–water partition coefficient (Wildman–Crippen LogP) is 2.01. The molecule has 1 aromatic heterocycles. The van der Waals surface area contributed by atoms with E-state index in [1.807, 2.05) is 18.8 Å². The molecule has 3 rings (SSSR count). The number of hydrogen-bond acceptors (Lipinski definition) is 7. The number of methoxy groups -OCH3 is 1. The van der Waals surface area contributed by atoms with E-state index in [4.69, 9.17) is 9.26 Å². The van der Waals surface area contributed by atoms with E-state index in [0.29, 0.717) is 24.3 Å². The van der Waals surface area contributed by atoms with Crippen LogP contribution >= 0.6 is 11.8 Å². The second-order valence-electron chi connectivity index (χ2n) is 7.37. The lowest BCUT2D eigenvalue weighted by molar-refractivity contribution is -0.137. The fraction of sp³-hybridized carbons (Fsp3) is 0.833. The zero-order chi connectivity index (χ0) is 18.5. The monoisotopic (exact) mass is 382 g/mol. The molecule has 0 radical (unpaired) electrons. The molecule has 0 spiro atoms. The van der Waals surface area contributed by atoms with Crippen molar-refractivity contribution in [3.63, 3.8) is 0 Å². The van der Waals surface area contributed by atoms with Crippen molar-refractivity contribution in [1.82, 2.24) is 20.4 Å². The Morgan fingerprint density at radius 2 is 2.12 bits per heavy atom. The molecular formula is C18H30N4O3S. The summed E-state index contributed by atoms with van der Waals surface area (Å²) < 4.78 is 10.8. The average molecular weight is 383 g/mol. The molecule has 1 aliphatic heterocycles. The second kappa shape index (κ2) is 9.19. The van der Waals surface area contributed by atoms with Gasteiger partial charge in [-0.1, -0.05) is 5.16 Å². The van der Waals surface area contributed by atoms with Crippen molar-refractivity contribution in [3.8, 4) is 0 Å².